The van der Waals surface area contributed by atoms with Crippen LogP contribution in [0.15, 0.2) is 6.07 Å². The SMILES string of the molecule is CC1CC(N)CN(C(C)c2cc(Cl)sc2Cl)C1. The average molecular weight is 293 g/mol. The standard InChI is InChI=1S/C12H18Cl2N2S/c1-7-3-9(15)6-16(5-7)8(2)10-4-11(13)17-12(10)14/h4,7-9H,3,5-6,15H2,1-2H3. The highest BCUT2D eigenvalue weighted by atomic mass is 35.5. The number of halogens is 2. The number of hydrogen-bond donors (Lipinski definition) is 1. The quantitative estimate of drug-likeness (QED) is 0.899. The molecule has 3 atom stereocenters. The Morgan fingerprint density at radius 2 is 2.18 bits per heavy atom. The van der Waals surface area contributed by atoms with E-state index in [-0.39, 0.29) is 6.04 Å². The lowest BCUT2D eigenvalue weighted by Crippen LogP contribution is -2.47. The number of thiophene rings is 1. The molecule has 0 aliphatic carbocycles. The van der Waals surface area contributed by atoms with E-state index in [2.05, 4.69) is 18.7 Å². The van der Waals surface area contributed by atoms with Crippen molar-refractivity contribution in [3.05, 3.63) is 20.3 Å². The van der Waals surface area contributed by atoms with Crippen LogP contribution in [0.25, 0.3) is 0 Å². The number of nitrogens with two attached hydrogens (primary N) is 1. The molecule has 0 aromatic carbocycles. The summed E-state index contributed by atoms with van der Waals surface area (Å²) in [7, 11) is 0. The van der Waals surface area contributed by atoms with E-state index in [0.717, 1.165) is 33.7 Å². The van der Waals surface area contributed by atoms with Crippen molar-refractivity contribution in [1.29, 1.82) is 0 Å². The fourth-order valence-corrected chi connectivity index (χ4v) is 4.23. The zero-order valence-electron chi connectivity index (χ0n) is 10.1. The number of piperidine rings is 1. The smallest absolute Gasteiger partial charge is 0.0991 e. The lowest BCUT2D eigenvalue weighted by molar-refractivity contribution is 0.124. The summed E-state index contributed by atoms with van der Waals surface area (Å²) in [5.74, 6) is 0.647. The Bertz CT molecular complexity index is 384. The van der Waals surface area contributed by atoms with Crippen LogP contribution in [0.1, 0.15) is 31.9 Å². The van der Waals surface area contributed by atoms with E-state index in [1.165, 1.54) is 11.3 Å². The van der Waals surface area contributed by atoms with Gasteiger partial charge in [-0.3, -0.25) is 4.90 Å². The van der Waals surface area contributed by atoms with Crippen LogP contribution in [0.3, 0.4) is 0 Å². The molecule has 3 unspecified atom stereocenters. The van der Waals surface area contributed by atoms with Gasteiger partial charge in [0.05, 0.1) is 8.67 Å². The Balaban J connectivity index is 2.14. The third kappa shape index (κ3) is 3.15. The minimum absolute atomic E-state index is 0.272. The lowest BCUT2D eigenvalue weighted by Gasteiger charge is -2.38. The third-order valence-electron chi connectivity index (χ3n) is 3.40. The van der Waals surface area contributed by atoms with Crippen molar-refractivity contribution in [1.82, 2.24) is 4.90 Å². The van der Waals surface area contributed by atoms with Gasteiger partial charge in [-0.2, -0.15) is 0 Å². The monoisotopic (exact) mass is 292 g/mol. The summed E-state index contributed by atoms with van der Waals surface area (Å²) in [5, 5.41) is 0. The Morgan fingerprint density at radius 1 is 1.47 bits per heavy atom. The summed E-state index contributed by atoms with van der Waals surface area (Å²) < 4.78 is 1.56. The lowest BCUT2D eigenvalue weighted by atomic mass is 9.94. The van der Waals surface area contributed by atoms with Gasteiger partial charge in [0.15, 0.2) is 0 Å². The highest BCUT2D eigenvalue weighted by molar-refractivity contribution is 7.20. The molecule has 1 fully saturated rings. The van der Waals surface area contributed by atoms with Crippen molar-refractivity contribution >= 4 is 34.5 Å². The topological polar surface area (TPSA) is 29.3 Å². The molecule has 1 aliphatic rings. The van der Waals surface area contributed by atoms with Gasteiger partial charge in [0.2, 0.25) is 0 Å². The van der Waals surface area contributed by atoms with Gasteiger partial charge in [0.25, 0.3) is 0 Å². The van der Waals surface area contributed by atoms with E-state index in [0.29, 0.717) is 12.0 Å². The molecule has 1 aromatic heterocycles. The van der Waals surface area contributed by atoms with Crippen LogP contribution in [-0.2, 0) is 0 Å². The first kappa shape index (κ1) is 13.6. The Kier molecular flexibility index (Phi) is 4.37. The first-order chi connectivity index (χ1) is 7.97. The zero-order valence-corrected chi connectivity index (χ0v) is 12.4. The number of nitrogens with zero attached hydrogens (tertiary/aromatic N) is 1. The van der Waals surface area contributed by atoms with Crippen molar-refractivity contribution in [2.24, 2.45) is 11.7 Å². The maximum Gasteiger partial charge on any atom is 0.0991 e. The molecular weight excluding hydrogens is 275 g/mol. The molecule has 0 spiro atoms. The molecule has 96 valence electrons. The summed E-state index contributed by atoms with van der Waals surface area (Å²) in [4.78, 5) is 2.41. The van der Waals surface area contributed by atoms with Gasteiger partial charge in [-0.25, -0.2) is 0 Å². The van der Waals surface area contributed by atoms with Gasteiger partial charge in [-0.1, -0.05) is 30.1 Å². The molecular formula is C12H18Cl2N2S. The van der Waals surface area contributed by atoms with Gasteiger partial charge in [-0.15, -0.1) is 11.3 Å². The summed E-state index contributed by atoms with van der Waals surface area (Å²) in [5.41, 5.74) is 7.20. The molecule has 0 amide bonds. The van der Waals surface area contributed by atoms with Gasteiger partial charge >= 0.3 is 0 Å². The predicted octanol–water partition coefficient (Wildman–Crippen LogP) is 3.79. The van der Waals surface area contributed by atoms with E-state index in [1.807, 2.05) is 6.07 Å². The first-order valence-electron chi connectivity index (χ1n) is 5.91. The maximum absolute atomic E-state index is 6.21. The fraction of sp³-hybridized carbons (Fsp3) is 0.667. The second kappa shape index (κ2) is 5.45. The molecule has 0 saturated carbocycles. The normalized spacial score (nSPS) is 28.3. The summed E-state index contributed by atoms with van der Waals surface area (Å²) in [6.07, 6.45) is 1.11. The van der Waals surface area contributed by atoms with Crippen molar-refractivity contribution in [3.8, 4) is 0 Å². The van der Waals surface area contributed by atoms with E-state index < -0.39 is 0 Å². The van der Waals surface area contributed by atoms with Crippen LogP contribution in [-0.4, -0.2) is 24.0 Å². The highest BCUT2D eigenvalue weighted by Crippen LogP contribution is 2.38. The zero-order chi connectivity index (χ0) is 12.6. The van der Waals surface area contributed by atoms with Crippen LogP contribution in [0, 0.1) is 5.92 Å². The van der Waals surface area contributed by atoms with E-state index >= 15 is 0 Å². The number of likely N-dealkylation sites (tertiary alicyclic amines) is 1. The van der Waals surface area contributed by atoms with E-state index in [4.69, 9.17) is 28.9 Å². The van der Waals surface area contributed by atoms with Gasteiger partial charge in [0, 0.05) is 30.7 Å². The van der Waals surface area contributed by atoms with Crippen molar-refractivity contribution in [2.45, 2.75) is 32.4 Å². The summed E-state index contributed by atoms with van der Waals surface area (Å²) >= 11 is 13.6. The number of hydrogen-bond acceptors (Lipinski definition) is 3. The largest absolute Gasteiger partial charge is 0.327 e. The first-order valence-corrected chi connectivity index (χ1v) is 7.49. The van der Waals surface area contributed by atoms with E-state index in [1.54, 1.807) is 0 Å². The Morgan fingerprint density at radius 3 is 2.71 bits per heavy atom. The minimum Gasteiger partial charge on any atom is -0.327 e. The molecule has 0 radical (unpaired) electrons. The molecule has 2 heterocycles. The van der Waals surface area contributed by atoms with E-state index in [9.17, 15) is 0 Å². The van der Waals surface area contributed by atoms with Crippen molar-refractivity contribution in [2.75, 3.05) is 13.1 Å². The molecule has 2 N–H and O–H groups in total. The molecule has 1 aromatic rings. The highest BCUT2D eigenvalue weighted by Gasteiger charge is 2.27. The summed E-state index contributed by atoms with van der Waals surface area (Å²) in [6.45, 7) is 6.45. The van der Waals surface area contributed by atoms with Crippen LogP contribution in [0.5, 0.6) is 0 Å². The van der Waals surface area contributed by atoms with Gasteiger partial charge in [-0.05, 0) is 25.3 Å². The molecule has 5 heteroatoms. The van der Waals surface area contributed by atoms with Crippen LogP contribution in [0.4, 0.5) is 0 Å². The summed E-state index contributed by atoms with van der Waals surface area (Å²) in [6, 6.07) is 2.54. The van der Waals surface area contributed by atoms with Crippen LogP contribution >= 0.6 is 34.5 Å². The third-order valence-corrected chi connectivity index (χ3v) is 4.92. The van der Waals surface area contributed by atoms with Crippen LogP contribution in [0.2, 0.25) is 8.67 Å². The fourth-order valence-electron chi connectivity index (χ4n) is 2.59. The van der Waals surface area contributed by atoms with Gasteiger partial charge < -0.3 is 5.73 Å². The van der Waals surface area contributed by atoms with Crippen LogP contribution < -0.4 is 5.73 Å². The molecule has 1 saturated heterocycles. The Labute approximate surface area is 117 Å². The molecule has 2 nitrogen and oxygen atoms in total. The second-order valence-electron chi connectivity index (χ2n) is 5.01. The predicted molar refractivity (Wildman–Crippen MR) is 76.1 cm³/mol. The van der Waals surface area contributed by atoms with Gasteiger partial charge in [0.1, 0.15) is 0 Å². The second-order valence-corrected chi connectivity index (χ2v) is 7.30. The Hall–Kier alpha value is 0.200. The molecule has 17 heavy (non-hydrogen) atoms. The van der Waals surface area contributed by atoms with Crippen molar-refractivity contribution < 1.29 is 0 Å². The average Bonchev–Trinajstić information content (AvgIpc) is 2.55. The maximum atomic E-state index is 6.21. The minimum atomic E-state index is 0.272. The molecule has 0 bridgehead atoms. The van der Waals surface area contributed by atoms with Crippen molar-refractivity contribution in [3.63, 3.8) is 0 Å². The number of rotatable bonds is 2. The molecule has 2 rings (SSSR count). The molecule has 1 aliphatic heterocycles.